The number of aliphatic hydroxyl groups is 1. The van der Waals surface area contributed by atoms with E-state index in [1.807, 2.05) is 60.7 Å². The number of benzene rings is 3. The van der Waals surface area contributed by atoms with E-state index in [0.29, 0.717) is 22.2 Å². The zero-order valence-electron chi connectivity index (χ0n) is 15.0. The van der Waals surface area contributed by atoms with E-state index in [2.05, 4.69) is 10.3 Å². The van der Waals surface area contributed by atoms with Crippen LogP contribution in [0.3, 0.4) is 0 Å². The quantitative estimate of drug-likeness (QED) is 0.481. The predicted molar refractivity (Wildman–Crippen MR) is 106 cm³/mol. The molecule has 0 radical (unpaired) electrons. The highest BCUT2D eigenvalue weighted by Gasteiger charge is 2.25. The maximum Gasteiger partial charge on any atom is 0.268 e. The molecule has 0 saturated carbocycles. The third kappa shape index (κ3) is 3.66. The second kappa shape index (κ2) is 7.66. The van der Waals surface area contributed by atoms with Crippen LogP contribution in [0.15, 0.2) is 84.9 Å². The van der Waals surface area contributed by atoms with Crippen molar-refractivity contribution in [1.29, 1.82) is 0 Å². The van der Waals surface area contributed by atoms with Crippen LogP contribution in [0, 0.1) is 5.82 Å². The fourth-order valence-corrected chi connectivity index (χ4v) is 3.29. The summed E-state index contributed by atoms with van der Waals surface area (Å²) in [7, 11) is 0. The Morgan fingerprint density at radius 2 is 1.54 bits per heavy atom. The van der Waals surface area contributed by atoms with E-state index in [1.165, 1.54) is 12.1 Å². The Morgan fingerprint density at radius 3 is 2.21 bits per heavy atom. The highest BCUT2D eigenvalue weighted by Crippen LogP contribution is 2.29. The van der Waals surface area contributed by atoms with Crippen molar-refractivity contribution in [3.05, 3.63) is 108 Å². The summed E-state index contributed by atoms with van der Waals surface area (Å²) in [6.45, 7) is 0. The molecule has 2 atom stereocenters. The summed E-state index contributed by atoms with van der Waals surface area (Å²) in [5.74, 6) is -0.736. The van der Waals surface area contributed by atoms with Crippen LogP contribution in [0.25, 0.3) is 10.9 Å². The van der Waals surface area contributed by atoms with Crippen LogP contribution in [-0.4, -0.2) is 16.0 Å². The Bertz CT molecular complexity index is 1090. The fraction of sp³-hybridized carbons (Fsp3) is 0.0870. The molecule has 0 fully saturated rings. The van der Waals surface area contributed by atoms with Gasteiger partial charge in [-0.1, -0.05) is 60.7 Å². The minimum absolute atomic E-state index is 0.307. The lowest BCUT2D eigenvalue weighted by Gasteiger charge is -2.25. The lowest BCUT2D eigenvalue weighted by molar-refractivity contribution is 0.0827. The molecule has 0 aliphatic carbocycles. The minimum Gasteiger partial charge on any atom is -0.386 e. The molecule has 0 saturated heterocycles. The highest BCUT2D eigenvalue weighted by molar-refractivity contribution is 5.98. The van der Waals surface area contributed by atoms with Gasteiger partial charge in [0.1, 0.15) is 17.6 Å². The number of fused-ring (bicyclic) bond motifs is 1. The molecule has 4 nitrogen and oxygen atoms in total. The molecule has 1 heterocycles. The lowest BCUT2D eigenvalue weighted by Crippen LogP contribution is -2.32. The molecule has 1 aromatic heterocycles. The molecule has 3 aromatic carbocycles. The second-order valence-electron chi connectivity index (χ2n) is 6.63. The van der Waals surface area contributed by atoms with Crippen molar-refractivity contribution in [2.24, 2.45) is 0 Å². The molecule has 1 amide bonds. The maximum absolute atomic E-state index is 13.4. The fourth-order valence-electron chi connectivity index (χ4n) is 3.29. The van der Waals surface area contributed by atoms with E-state index in [4.69, 9.17) is 0 Å². The van der Waals surface area contributed by atoms with E-state index < -0.39 is 12.1 Å². The van der Waals surface area contributed by atoms with Crippen molar-refractivity contribution in [3.8, 4) is 0 Å². The summed E-state index contributed by atoms with van der Waals surface area (Å²) in [5, 5.41) is 14.5. The number of nitrogens with one attached hydrogen (secondary N) is 2. The average molecular weight is 374 g/mol. The van der Waals surface area contributed by atoms with Gasteiger partial charge in [-0.25, -0.2) is 4.39 Å². The van der Waals surface area contributed by atoms with Gasteiger partial charge in [-0.3, -0.25) is 4.79 Å². The van der Waals surface area contributed by atoms with Crippen molar-refractivity contribution in [3.63, 3.8) is 0 Å². The summed E-state index contributed by atoms with van der Waals surface area (Å²) < 4.78 is 13.4. The molecule has 5 heteroatoms. The molecular formula is C23H19FN2O2. The first-order valence-electron chi connectivity index (χ1n) is 8.99. The smallest absolute Gasteiger partial charge is 0.268 e. The van der Waals surface area contributed by atoms with Gasteiger partial charge in [0.2, 0.25) is 0 Å². The zero-order chi connectivity index (χ0) is 19.5. The molecule has 28 heavy (non-hydrogen) atoms. The van der Waals surface area contributed by atoms with Crippen molar-refractivity contribution in [1.82, 2.24) is 10.3 Å². The topological polar surface area (TPSA) is 65.1 Å². The Hall–Kier alpha value is -3.44. The van der Waals surface area contributed by atoms with E-state index >= 15 is 0 Å². The normalized spacial score (nSPS) is 13.2. The standard InChI is InChI=1S/C23H19FN2O2/c24-18-11-12-19-17(13-18)14-20(25-19)23(28)26-21(15-7-3-1-4-8-15)22(27)16-9-5-2-6-10-16/h1-14,21-22,25,27H,(H,26,28)/t21-,22?/m0/s1. The van der Waals surface area contributed by atoms with Gasteiger partial charge in [-0.2, -0.15) is 0 Å². The number of carbonyl (C=O) groups excluding carboxylic acids is 1. The Morgan fingerprint density at radius 1 is 0.893 bits per heavy atom. The number of H-pyrrole nitrogens is 1. The van der Waals surface area contributed by atoms with E-state index in [1.54, 1.807) is 12.1 Å². The predicted octanol–water partition coefficient (Wildman–Crippen LogP) is 4.51. The number of aromatic nitrogens is 1. The van der Waals surface area contributed by atoms with Crippen molar-refractivity contribution in [2.75, 3.05) is 0 Å². The first-order chi connectivity index (χ1) is 13.6. The van der Waals surface area contributed by atoms with Gasteiger partial charge >= 0.3 is 0 Å². The number of rotatable bonds is 5. The summed E-state index contributed by atoms with van der Waals surface area (Å²) >= 11 is 0. The van der Waals surface area contributed by atoms with Crippen LogP contribution in [0.1, 0.15) is 33.8 Å². The highest BCUT2D eigenvalue weighted by atomic mass is 19.1. The molecule has 4 aromatic rings. The second-order valence-corrected chi connectivity index (χ2v) is 6.63. The molecule has 1 unspecified atom stereocenters. The number of amides is 1. The third-order valence-corrected chi connectivity index (χ3v) is 4.73. The molecule has 0 bridgehead atoms. The molecule has 4 rings (SSSR count). The van der Waals surface area contributed by atoms with Crippen LogP contribution in [-0.2, 0) is 0 Å². The minimum atomic E-state index is -0.922. The Labute approximate surface area is 161 Å². The largest absolute Gasteiger partial charge is 0.386 e. The van der Waals surface area contributed by atoms with Gasteiger partial charge in [0.05, 0.1) is 6.04 Å². The first kappa shape index (κ1) is 17.9. The van der Waals surface area contributed by atoms with Crippen molar-refractivity contribution < 1.29 is 14.3 Å². The van der Waals surface area contributed by atoms with Gasteiger partial charge < -0.3 is 15.4 Å². The SMILES string of the molecule is O=C(N[C@@H](c1ccccc1)C(O)c1ccccc1)c1cc2cc(F)ccc2[nH]1. The molecule has 0 aliphatic rings. The van der Waals surface area contributed by atoms with Crippen LogP contribution in [0.2, 0.25) is 0 Å². The Balaban J connectivity index is 1.65. The van der Waals surface area contributed by atoms with E-state index in [0.717, 1.165) is 5.56 Å². The number of hydrogen-bond donors (Lipinski definition) is 3. The van der Waals surface area contributed by atoms with Crippen LogP contribution in [0.4, 0.5) is 4.39 Å². The number of aliphatic hydroxyl groups excluding tert-OH is 1. The van der Waals surface area contributed by atoms with Crippen molar-refractivity contribution in [2.45, 2.75) is 12.1 Å². The van der Waals surface area contributed by atoms with Gasteiger partial charge in [0, 0.05) is 10.9 Å². The van der Waals surface area contributed by atoms with E-state index in [-0.39, 0.29) is 11.7 Å². The lowest BCUT2D eigenvalue weighted by atomic mass is 9.95. The summed E-state index contributed by atoms with van der Waals surface area (Å²) in [5.41, 5.74) is 2.47. The van der Waals surface area contributed by atoms with Crippen LogP contribution in [0.5, 0.6) is 0 Å². The summed E-state index contributed by atoms with van der Waals surface area (Å²) in [6.07, 6.45) is -0.922. The first-order valence-corrected chi connectivity index (χ1v) is 8.99. The monoisotopic (exact) mass is 374 g/mol. The Kier molecular flexibility index (Phi) is 4.91. The van der Waals surface area contributed by atoms with Gasteiger partial charge in [0.15, 0.2) is 0 Å². The summed E-state index contributed by atoms with van der Waals surface area (Å²) in [6, 6.07) is 23.8. The van der Waals surface area contributed by atoms with Crippen molar-refractivity contribution >= 4 is 16.8 Å². The number of halogens is 1. The molecule has 0 aliphatic heterocycles. The number of carbonyl (C=O) groups is 1. The average Bonchev–Trinajstić information content (AvgIpc) is 3.16. The maximum atomic E-state index is 13.4. The summed E-state index contributed by atoms with van der Waals surface area (Å²) in [4.78, 5) is 15.9. The molecule has 0 spiro atoms. The van der Waals surface area contributed by atoms with Crippen LogP contribution >= 0.6 is 0 Å². The number of aromatic amines is 1. The number of hydrogen-bond acceptors (Lipinski definition) is 2. The van der Waals surface area contributed by atoms with Gasteiger partial charge in [0.25, 0.3) is 5.91 Å². The molecular weight excluding hydrogens is 355 g/mol. The van der Waals surface area contributed by atoms with E-state index in [9.17, 15) is 14.3 Å². The molecule has 3 N–H and O–H groups in total. The zero-order valence-corrected chi connectivity index (χ0v) is 15.0. The van der Waals surface area contributed by atoms with Gasteiger partial charge in [-0.05, 0) is 35.4 Å². The van der Waals surface area contributed by atoms with Gasteiger partial charge in [-0.15, -0.1) is 0 Å². The third-order valence-electron chi connectivity index (χ3n) is 4.73. The molecule has 140 valence electrons. The van der Waals surface area contributed by atoms with Crippen LogP contribution < -0.4 is 5.32 Å².